The van der Waals surface area contributed by atoms with Gasteiger partial charge in [-0.3, -0.25) is 4.79 Å². The smallest absolute Gasteiger partial charge is 0.228 e. The maximum Gasteiger partial charge on any atom is 0.228 e. The summed E-state index contributed by atoms with van der Waals surface area (Å²) in [6.45, 7) is 1.89. The molecule has 0 spiro atoms. The van der Waals surface area contributed by atoms with Crippen molar-refractivity contribution < 1.29 is 9.90 Å². The van der Waals surface area contributed by atoms with E-state index in [1.807, 2.05) is 13.0 Å². The Kier molecular flexibility index (Phi) is 1.33. The molecule has 62 valence electrons. The number of benzene rings is 1. The van der Waals surface area contributed by atoms with Crippen LogP contribution in [-0.4, -0.2) is 11.0 Å². The molecule has 3 heteroatoms. The topological polar surface area (TPSA) is 49.3 Å². The number of phenols is 1. The highest BCUT2D eigenvalue weighted by molar-refractivity contribution is 6.00. The maximum atomic E-state index is 10.9. The lowest BCUT2D eigenvalue weighted by molar-refractivity contribution is -0.115. The van der Waals surface area contributed by atoms with E-state index in [-0.39, 0.29) is 11.7 Å². The zero-order valence-electron chi connectivity index (χ0n) is 6.72. The van der Waals surface area contributed by atoms with Gasteiger partial charge in [0.15, 0.2) is 0 Å². The van der Waals surface area contributed by atoms with Gasteiger partial charge in [0.2, 0.25) is 5.91 Å². The van der Waals surface area contributed by atoms with Gasteiger partial charge in [0, 0.05) is 0 Å². The Morgan fingerprint density at radius 1 is 1.50 bits per heavy atom. The lowest BCUT2D eigenvalue weighted by atomic mass is 10.1. The number of carbonyl (C=O) groups excluding carboxylic acids is 1. The van der Waals surface area contributed by atoms with Crippen LogP contribution in [0.2, 0.25) is 0 Å². The Labute approximate surface area is 70.0 Å². The fraction of sp³-hybridized carbons (Fsp3) is 0.222. The van der Waals surface area contributed by atoms with Gasteiger partial charge in [-0.25, -0.2) is 0 Å². The molecule has 0 radical (unpaired) electrons. The van der Waals surface area contributed by atoms with E-state index in [9.17, 15) is 9.90 Å². The lowest BCUT2D eigenvalue weighted by Gasteiger charge is -2.02. The lowest BCUT2D eigenvalue weighted by Crippen LogP contribution is -2.03. The SMILES string of the molecule is Cc1cc(O)c2c(c1)CC(=O)N2. The molecule has 0 fully saturated rings. The summed E-state index contributed by atoms with van der Waals surface area (Å²) in [4.78, 5) is 10.9. The molecule has 1 amide bonds. The highest BCUT2D eigenvalue weighted by Gasteiger charge is 2.20. The molecule has 1 aliphatic rings. The van der Waals surface area contributed by atoms with Crippen molar-refractivity contribution in [3.8, 4) is 5.75 Å². The Morgan fingerprint density at radius 2 is 2.25 bits per heavy atom. The number of hydrogen-bond acceptors (Lipinski definition) is 2. The molecule has 2 rings (SSSR count). The highest BCUT2D eigenvalue weighted by Crippen LogP contribution is 2.33. The number of anilines is 1. The van der Waals surface area contributed by atoms with E-state index in [0.29, 0.717) is 12.1 Å². The third kappa shape index (κ3) is 0.942. The second kappa shape index (κ2) is 2.24. The number of amides is 1. The number of phenolic OH excluding ortho intramolecular Hbond substituents is 1. The first kappa shape index (κ1) is 7.16. The predicted octanol–water partition coefficient (Wildman–Crippen LogP) is 1.20. The van der Waals surface area contributed by atoms with Crippen LogP contribution in [0.3, 0.4) is 0 Å². The first-order valence-electron chi connectivity index (χ1n) is 3.79. The molecule has 0 aromatic heterocycles. The van der Waals surface area contributed by atoms with Crippen molar-refractivity contribution in [2.24, 2.45) is 0 Å². The molecule has 1 aliphatic heterocycles. The first-order valence-corrected chi connectivity index (χ1v) is 3.79. The van der Waals surface area contributed by atoms with Crippen LogP contribution in [0.5, 0.6) is 5.75 Å². The van der Waals surface area contributed by atoms with Crippen molar-refractivity contribution >= 4 is 11.6 Å². The number of rotatable bonds is 0. The van der Waals surface area contributed by atoms with Crippen LogP contribution in [0.15, 0.2) is 12.1 Å². The molecule has 1 aromatic carbocycles. The standard InChI is InChI=1S/C9H9NO2/c1-5-2-6-4-8(12)10-9(6)7(11)3-5/h2-3,11H,4H2,1H3,(H,10,12). The van der Waals surface area contributed by atoms with Gasteiger partial charge in [0.1, 0.15) is 5.75 Å². The minimum Gasteiger partial charge on any atom is -0.506 e. The molecular weight excluding hydrogens is 154 g/mol. The van der Waals surface area contributed by atoms with Gasteiger partial charge in [0.05, 0.1) is 12.1 Å². The molecule has 1 aromatic rings. The Bertz CT molecular complexity index is 358. The van der Waals surface area contributed by atoms with Crippen molar-refractivity contribution in [1.82, 2.24) is 0 Å². The minimum absolute atomic E-state index is 0.0501. The average Bonchev–Trinajstić information content (AvgIpc) is 2.29. The molecule has 1 heterocycles. The number of fused-ring (bicyclic) bond motifs is 1. The summed E-state index contributed by atoms with van der Waals surface area (Å²) < 4.78 is 0. The average molecular weight is 163 g/mol. The molecule has 12 heavy (non-hydrogen) atoms. The zero-order valence-corrected chi connectivity index (χ0v) is 6.72. The third-order valence-electron chi connectivity index (χ3n) is 1.96. The maximum absolute atomic E-state index is 10.9. The number of carbonyl (C=O) groups is 1. The van der Waals surface area contributed by atoms with Crippen LogP contribution in [0, 0.1) is 6.92 Å². The quantitative estimate of drug-likeness (QED) is 0.564. The normalized spacial score (nSPS) is 14.2. The molecule has 0 atom stereocenters. The Balaban J connectivity index is 2.59. The summed E-state index contributed by atoms with van der Waals surface area (Å²) in [5.41, 5.74) is 2.44. The Hall–Kier alpha value is -1.51. The molecule has 2 N–H and O–H groups in total. The van der Waals surface area contributed by atoms with Crippen molar-refractivity contribution in [3.63, 3.8) is 0 Å². The molecule has 0 aliphatic carbocycles. The summed E-state index contributed by atoms with van der Waals surface area (Å²) in [6.07, 6.45) is 0.380. The van der Waals surface area contributed by atoms with Crippen LogP contribution < -0.4 is 5.32 Å². The predicted molar refractivity (Wildman–Crippen MR) is 45.2 cm³/mol. The van der Waals surface area contributed by atoms with E-state index < -0.39 is 0 Å². The van der Waals surface area contributed by atoms with Crippen LogP contribution in [0.1, 0.15) is 11.1 Å². The van der Waals surface area contributed by atoms with E-state index in [1.54, 1.807) is 6.07 Å². The number of hydrogen-bond donors (Lipinski definition) is 2. The van der Waals surface area contributed by atoms with Crippen molar-refractivity contribution in [3.05, 3.63) is 23.3 Å². The molecule has 3 nitrogen and oxygen atoms in total. The summed E-state index contributed by atoms with van der Waals surface area (Å²) in [7, 11) is 0. The third-order valence-corrected chi connectivity index (χ3v) is 1.96. The van der Waals surface area contributed by atoms with Gasteiger partial charge in [0.25, 0.3) is 0 Å². The van der Waals surface area contributed by atoms with Crippen molar-refractivity contribution in [2.75, 3.05) is 5.32 Å². The molecular formula is C9H9NO2. The van der Waals surface area contributed by atoms with E-state index in [0.717, 1.165) is 11.1 Å². The highest BCUT2D eigenvalue weighted by atomic mass is 16.3. The van der Waals surface area contributed by atoms with E-state index in [4.69, 9.17) is 0 Å². The first-order chi connectivity index (χ1) is 5.66. The van der Waals surface area contributed by atoms with Gasteiger partial charge in [-0.2, -0.15) is 0 Å². The number of aryl methyl sites for hydroxylation is 1. The monoisotopic (exact) mass is 163 g/mol. The summed E-state index contributed by atoms with van der Waals surface area (Å²) in [5.74, 6) is 0.113. The minimum atomic E-state index is -0.0501. The van der Waals surface area contributed by atoms with Gasteiger partial charge in [-0.1, -0.05) is 6.07 Å². The van der Waals surface area contributed by atoms with Crippen molar-refractivity contribution in [2.45, 2.75) is 13.3 Å². The molecule has 0 bridgehead atoms. The number of nitrogens with one attached hydrogen (secondary N) is 1. The van der Waals surface area contributed by atoms with Crippen LogP contribution in [-0.2, 0) is 11.2 Å². The van der Waals surface area contributed by atoms with E-state index >= 15 is 0 Å². The van der Waals surface area contributed by atoms with Gasteiger partial charge in [-0.15, -0.1) is 0 Å². The molecule has 0 saturated carbocycles. The second-order valence-electron chi connectivity index (χ2n) is 3.04. The van der Waals surface area contributed by atoms with Gasteiger partial charge >= 0.3 is 0 Å². The van der Waals surface area contributed by atoms with Gasteiger partial charge in [-0.05, 0) is 24.1 Å². The fourth-order valence-electron chi connectivity index (χ4n) is 1.48. The summed E-state index contributed by atoms with van der Waals surface area (Å²) in [5, 5.41) is 12.0. The summed E-state index contributed by atoms with van der Waals surface area (Å²) in [6, 6.07) is 3.55. The number of aromatic hydroxyl groups is 1. The summed E-state index contributed by atoms with van der Waals surface area (Å²) >= 11 is 0. The molecule has 0 unspecified atom stereocenters. The zero-order chi connectivity index (χ0) is 8.72. The van der Waals surface area contributed by atoms with Crippen LogP contribution >= 0.6 is 0 Å². The van der Waals surface area contributed by atoms with Crippen LogP contribution in [0.4, 0.5) is 5.69 Å². The fourth-order valence-corrected chi connectivity index (χ4v) is 1.48. The van der Waals surface area contributed by atoms with Crippen molar-refractivity contribution in [1.29, 1.82) is 0 Å². The second-order valence-corrected chi connectivity index (χ2v) is 3.04. The molecule has 0 saturated heterocycles. The van der Waals surface area contributed by atoms with Gasteiger partial charge < -0.3 is 10.4 Å². The Morgan fingerprint density at radius 3 is 3.00 bits per heavy atom. The largest absolute Gasteiger partial charge is 0.506 e. The van der Waals surface area contributed by atoms with E-state index in [1.165, 1.54) is 0 Å². The van der Waals surface area contributed by atoms with Crippen LogP contribution in [0.25, 0.3) is 0 Å². The van der Waals surface area contributed by atoms with E-state index in [2.05, 4.69) is 5.32 Å².